The first-order chi connectivity index (χ1) is 13.9. The molecule has 5 rings (SSSR count). The first-order valence-electron chi connectivity index (χ1n) is 9.53. The Bertz CT molecular complexity index is 1150. The van der Waals surface area contributed by atoms with Crippen LogP contribution in [0.15, 0.2) is 62.4 Å². The Kier molecular flexibility index (Phi) is 3.83. The van der Waals surface area contributed by atoms with Gasteiger partial charge in [-0.15, -0.1) is 0 Å². The summed E-state index contributed by atoms with van der Waals surface area (Å²) in [6.07, 6.45) is 0.397. The summed E-state index contributed by atoms with van der Waals surface area (Å²) in [5, 5.41) is 0. The third-order valence-electron chi connectivity index (χ3n) is 5.62. The van der Waals surface area contributed by atoms with Crippen LogP contribution in [0.25, 0.3) is 22.5 Å². The highest BCUT2D eigenvalue weighted by atomic mass is 16.6. The Morgan fingerprint density at radius 3 is 2.59 bits per heavy atom. The van der Waals surface area contributed by atoms with Gasteiger partial charge in [0.15, 0.2) is 5.43 Å². The van der Waals surface area contributed by atoms with Gasteiger partial charge in [-0.1, -0.05) is 30.3 Å². The van der Waals surface area contributed by atoms with Gasteiger partial charge in [0, 0.05) is 24.1 Å². The SMILES string of the molecule is CC(=O)O[C@@H]1[C@H]2c3oc(-c4ccccc4)cc(=O)c3-c3ccoc3[C@H]2OC1(C)C. The standard InChI is InChI=1S/C23H20O6/c1-12(24)27-22-18-20-17(14-9-10-26-19(14)21(18)29-23(22,2)3)15(25)11-16(28-20)13-7-5-4-6-8-13/h4-11,18,21-22H,1-3H3/t18-,21-,22+/m0/s1. The first-order valence-corrected chi connectivity index (χ1v) is 9.53. The van der Waals surface area contributed by atoms with Crippen LogP contribution in [0.5, 0.6) is 0 Å². The molecule has 3 atom stereocenters. The van der Waals surface area contributed by atoms with E-state index >= 15 is 0 Å². The molecule has 6 nitrogen and oxygen atoms in total. The molecule has 2 aromatic heterocycles. The lowest BCUT2D eigenvalue weighted by atomic mass is 9.79. The Morgan fingerprint density at radius 2 is 1.86 bits per heavy atom. The Balaban J connectivity index is 1.77. The van der Waals surface area contributed by atoms with Crippen LogP contribution in [0.4, 0.5) is 0 Å². The maximum absolute atomic E-state index is 13.1. The van der Waals surface area contributed by atoms with E-state index in [0.29, 0.717) is 28.4 Å². The van der Waals surface area contributed by atoms with Gasteiger partial charge in [0.25, 0.3) is 0 Å². The maximum Gasteiger partial charge on any atom is 0.303 e. The van der Waals surface area contributed by atoms with Crippen molar-refractivity contribution in [3.63, 3.8) is 0 Å². The van der Waals surface area contributed by atoms with Crippen LogP contribution >= 0.6 is 0 Å². The average Bonchev–Trinajstić information content (AvgIpc) is 3.25. The molecule has 0 unspecified atom stereocenters. The van der Waals surface area contributed by atoms with Gasteiger partial charge in [0.2, 0.25) is 0 Å². The molecule has 0 amide bonds. The Hall–Kier alpha value is -3.12. The van der Waals surface area contributed by atoms with E-state index < -0.39 is 29.7 Å². The molecule has 3 aromatic rings. The van der Waals surface area contributed by atoms with E-state index in [-0.39, 0.29) is 5.43 Å². The smallest absolute Gasteiger partial charge is 0.303 e. The highest BCUT2D eigenvalue weighted by molar-refractivity contribution is 5.74. The minimum absolute atomic E-state index is 0.169. The predicted octanol–water partition coefficient (Wildman–Crippen LogP) is 4.45. The van der Waals surface area contributed by atoms with Crippen molar-refractivity contribution in [2.24, 2.45) is 0 Å². The number of rotatable bonds is 2. The van der Waals surface area contributed by atoms with Crippen LogP contribution in [0.3, 0.4) is 0 Å². The molecular weight excluding hydrogens is 372 g/mol. The highest BCUT2D eigenvalue weighted by Crippen LogP contribution is 2.57. The van der Waals surface area contributed by atoms with Crippen molar-refractivity contribution in [1.29, 1.82) is 0 Å². The number of carbonyl (C=O) groups excluding carboxylic acids is 1. The summed E-state index contributed by atoms with van der Waals surface area (Å²) in [6.45, 7) is 5.09. The van der Waals surface area contributed by atoms with Gasteiger partial charge in [0.05, 0.1) is 17.7 Å². The molecule has 2 aliphatic rings. The molecular formula is C23H20O6. The summed E-state index contributed by atoms with van der Waals surface area (Å²) in [4.78, 5) is 25.0. The average molecular weight is 392 g/mol. The van der Waals surface area contributed by atoms with Gasteiger partial charge >= 0.3 is 5.97 Å². The summed E-state index contributed by atoms with van der Waals surface area (Å²) in [5.74, 6) is 0.586. The van der Waals surface area contributed by atoms with Crippen LogP contribution in [-0.2, 0) is 14.3 Å². The fraction of sp³-hybridized carbons (Fsp3) is 0.304. The lowest BCUT2D eigenvalue weighted by molar-refractivity contribution is -0.155. The fourth-order valence-corrected chi connectivity index (χ4v) is 4.45. The molecule has 29 heavy (non-hydrogen) atoms. The molecule has 3 heterocycles. The minimum Gasteiger partial charge on any atom is -0.466 e. The molecule has 1 saturated heterocycles. The Morgan fingerprint density at radius 1 is 1.10 bits per heavy atom. The summed E-state index contributed by atoms with van der Waals surface area (Å²) in [5.41, 5.74) is 0.942. The zero-order valence-electron chi connectivity index (χ0n) is 16.3. The molecule has 1 fully saturated rings. The largest absolute Gasteiger partial charge is 0.466 e. The second-order valence-corrected chi connectivity index (χ2v) is 7.98. The van der Waals surface area contributed by atoms with Crippen molar-refractivity contribution in [1.82, 2.24) is 0 Å². The molecule has 0 bridgehead atoms. The van der Waals surface area contributed by atoms with Crippen LogP contribution in [0, 0.1) is 0 Å². The number of esters is 1. The molecule has 1 aromatic carbocycles. The lowest BCUT2D eigenvalue weighted by Gasteiger charge is -2.29. The van der Waals surface area contributed by atoms with E-state index in [4.69, 9.17) is 18.3 Å². The van der Waals surface area contributed by atoms with E-state index in [0.717, 1.165) is 5.56 Å². The van der Waals surface area contributed by atoms with Crippen LogP contribution in [0.1, 0.15) is 44.3 Å². The fourth-order valence-electron chi connectivity index (χ4n) is 4.45. The maximum atomic E-state index is 13.1. The van der Waals surface area contributed by atoms with Crippen molar-refractivity contribution < 1.29 is 23.1 Å². The number of hydrogen-bond donors (Lipinski definition) is 0. The third kappa shape index (κ3) is 2.67. The van der Waals surface area contributed by atoms with E-state index in [1.165, 1.54) is 19.3 Å². The third-order valence-corrected chi connectivity index (χ3v) is 5.62. The molecule has 1 aliphatic heterocycles. The normalized spacial score (nSPS) is 23.8. The topological polar surface area (TPSA) is 78.9 Å². The van der Waals surface area contributed by atoms with Gasteiger partial charge in [-0.3, -0.25) is 9.59 Å². The second-order valence-electron chi connectivity index (χ2n) is 7.98. The number of carbonyl (C=O) groups is 1. The number of furan rings is 1. The molecule has 0 saturated carbocycles. The monoisotopic (exact) mass is 392 g/mol. The summed E-state index contributed by atoms with van der Waals surface area (Å²) < 4.78 is 23.9. The van der Waals surface area contributed by atoms with E-state index in [1.54, 1.807) is 6.07 Å². The van der Waals surface area contributed by atoms with Crippen molar-refractivity contribution in [2.45, 2.75) is 44.5 Å². The van der Waals surface area contributed by atoms with Gasteiger partial charge in [-0.25, -0.2) is 0 Å². The van der Waals surface area contributed by atoms with Crippen molar-refractivity contribution in [3.05, 3.63) is 70.5 Å². The molecule has 148 valence electrons. The number of fused-ring (bicyclic) bond motifs is 6. The van der Waals surface area contributed by atoms with E-state index in [2.05, 4.69) is 0 Å². The van der Waals surface area contributed by atoms with E-state index in [1.807, 2.05) is 44.2 Å². The second kappa shape index (κ2) is 6.19. The highest BCUT2D eigenvalue weighted by Gasteiger charge is 2.58. The number of benzene rings is 1. The van der Waals surface area contributed by atoms with Crippen molar-refractivity contribution in [3.8, 4) is 22.5 Å². The van der Waals surface area contributed by atoms with Crippen LogP contribution in [0.2, 0.25) is 0 Å². The minimum atomic E-state index is -0.784. The predicted molar refractivity (Wildman–Crippen MR) is 104 cm³/mol. The van der Waals surface area contributed by atoms with Gasteiger partial charge in [0.1, 0.15) is 35.1 Å². The summed E-state index contributed by atoms with van der Waals surface area (Å²) >= 11 is 0. The number of ether oxygens (including phenoxy) is 2. The van der Waals surface area contributed by atoms with Crippen molar-refractivity contribution >= 4 is 5.97 Å². The van der Waals surface area contributed by atoms with Gasteiger partial charge < -0.3 is 18.3 Å². The van der Waals surface area contributed by atoms with Gasteiger partial charge in [-0.2, -0.15) is 0 Å². The zero-order valence-corrected chi connectivity index (χ0v) is 16.3. The quantitative estimate of drug-likeness (QED) is 0.600. The summed E-state index contributed by atoms with van der Waals surface area (Å²) in [6, 6.07) is 12.7. The lowest BCUT2D eigenvalue weighted by Crippen LogP contribution is -2.38. The van der Waals surface area contributed by atoms with Gasteiger partial charge in [-0.05, 0) is 19.9 Å². The molecule has 0 spiro atoms. The molecule has 6 heteroatoms. The summed E-state index contributed by atoms with van der Waals surface area (Å²) in [7, 11) is 0. The van der Waals surface area contributed by atoms with E-state index in [9.17, 15) is 9.59 Å². The van der Waals surface area contributed by atoms with Crippen LogP contribution in [-0.4, -0.2) is 17.7 Å². The Labute approximate surface area is 167 Å². The first kappa shape index (κ1) is 17.9. The number of hydrogen-bond acceptors (Lipinski definition) is 6. The van der Waals surface area contributed by atoms with Crippen LogP contribution < -0.4 is 5.43 Å². The zero-order chi connectivity index (χ0) is 20.3. The molecule has 0 radical (unpaired) electrons. The molecule has 0 N–H and O–H groups in total. The molecule has 1 aliphatic carbocycles. The van der Waals surface area contributed by atoms with Crippen molar-refractivity contribution in [2.75, 3.05) is 0 Å².